The molecule has 0 fully saturated rings. The average molecular weight is 257 g/mol. The fourth-order valence-electron chi connectivity index (χ4n) is 1.55. The predicted octanol–water partition coefficient (Wildman–Crippen LogP) is 3.45. The van der Waals surface area contributed by atoms with E-state index in [0.29, 0.717) is 0 Å². The summed E-state index contributed by atoms with van der Waals surface area (Å²) in [6.07, 6.45) is 1.67. The molecule has 0 aliphatic carbocycles. The minimum absolute atomic E-state index is 0.727. The van der Waals surface area contributed by atoms with Crippen LogP contribution < -0.4 is 0 Å². The van der Waals surface area contributed by atoms with Crippen molar-refractivity contribution in [2.75, 3.05) is 0 Å². The molecule has 92 valence electrons. The highest BCUT2D eigenvalue weighted by Gasteiger charge is 2.00. The molecule has 0 aromatic heterocycles. The average Bonchev–Trinajstić information content (AvgIpc) is 2.38. The summed E-state index contributed by atoms with van der Waals surface area (Å²) >= 11 is 0. The van der Waals surface area contributed by atoms with E-state index in [2.05, 4.69) is 4.40 Å². The number of rotatable bonds is 3. The predicted molar refractivity (Wildman–Crippen MR) is 76.4 cm³/mol. The molecule has 1 atom stereocenters. The molecule has 0 N–H and O–H groups in total. The Bertz CT molecular complexity index is 588. The van der Waals surface area contributed by atoms with Gasteiger partial charge in [0.25, 0.3) is 0 Å². The molecule has 0 spiro atoms. The van der Waals surface area contributed by atoms with Gasteiger partial charge in [-0.3, -0.25) is 0 Å². The minimum Gasteiger partial charge on any atom is -0.229 e. The Balaban J connectivity index is 2.17. The summed E-state index contributed by atoms with van der Waals surface area (Å²) in [5, 5.41) is 0. The zero-order chi connectivity index (χ0) is 13.0. The Labute approximate surface area is 110 Å². The van der Waals surface area contributed by atoms with Gasteiger partial charge in [0.05, 0.1) is 4.90 Å². The highest BCUT2D eigenvalue weighted by molar-refractivity contribution is 7.83. The highest BCUT2D eigenvalue weighted by Crippen LogP contribution is 2.10. The topological polar surface area (TPSA) is 29.4 Å². The van der Waals surface area contributed by atoms with Crippen molar-refractivity contribution < 1.29 is 4.21 Å². The number of nitrogens with zero attached hydrogens (tertiary/aromatic N) is 1. The van der Waals surface area contributed by atoms with Gasteiger partial charge in [-0.15, -0.1) is 0 Å². The molecule has 3 heteroatoms. The lowest BCUT2D eigenvalue weighted by molar-refractivity contribution is 0.684. The number of aryl methyl sites for hydroxylation is 2. The first kappa shape index (κ1) is 12.7. The van der Waals surface area contributed by atoms with Gasteiger partial charge in [-0.2, -0.15) is 4.40 Å². The molecule has 2 aromatic rings. The van der Waals surface area contributed by atoms with Crippen LogP contribution in [0.25, 0.3) is 0 Å². The van der Waals surface area contributed by atoms with Crippen LogP contribution >= 0.6 is 0 Å². The second-order valence-corrected chi connectivity index (χ2v) is 5.33. The van der Waals surface area contributed by atoms with Crippen molar-refractivity contribution in [1.29, 1.82) is 0 Å². The second-order valence-electron chi connectivity index (χ2n) is 4.15. The van der Waals surface area contributed by atoms with Crippen molar-refractivity contribution >= 4 is 17.2 Å². The summed E-state index contributed by atoms with van der Waals surface area (Å²) in [5.41, 5.74) is 3.28. The van der Waals surface area contributed by atoms with Crippen molar-refractivity contribution in [1.82, 2.24) is 0 Å². The third-order valence-electron chi connectivity index (χ3n) is 2.70. The normalized spacial score (nSPS) is 12.8. The quantitative estimate of drug-likeness (QED) is 0.774. The lowest BCUT2D eigenvalue weighted by atomic mass is 10.1. The van der Waals surface area contributed by atoms with E-state index in [0.717, 1.165) is 21.6 Å². The third-order valence-corrected chi connectivity index (χ3v) is 3.67. The summed E-state index contributed by atoms with van der Waals surface area (Å²) in [6, 6.07) is 15.5. The smallest absolute Gasteiger partial charge is 0.172 e. The van der Waals surface area contributed by atoms with Gasteiger partial charge in [-0.1, -0.05) is 42.0 Å². The van der Waals surface area contributed by atoms with Crippen LogP contribution in [-0.4, -0.2) is 10.4 Å². The number of hydrogen-bond acceptors (Lipinski definition) is 1. The summed E-state index contributed by atoms with van der Waals surface area (Å²) in [5.74, 6) is 0. The minimum atomic E-state index is -1.33. The van der Waals surface area contributed by atoms with Gasteiger partial charge in [0, 0.05) is 6.21 Å². The lowest BCUT2D eigenvalue weighted by Crippen LogP contribution is -1.91. The fourth-order valence-corrected chi connectivity index (χ4v) is 2.25. The molecular weight excluding hydrogens is 242 g/mol. The third kappa shape index (κ3) is 3.14. The molecule has 0 radical (unpaired) electrons. The highest BCUT2D eigenvalue weighted by atomic mass is 32.2. The van der Waals surface area contributed by atoms with Crippen LogP contribution in [0.4, 0.5) is 0 Å². The van der Waals surface area contributed by atoms with Gasteiger partial charge in [0.15, 0.2) is 11.0 Å². The van der Waals surface area contributed by atoms with E-state index in [9.17, 15) is 4.21 Å². The zero-order valence-corrected chi connectivity index (χ0v) is 11.3. The molecule has 0 saturated heterocycles. The Morgan fingerprint density at radius 3 is 2.33 bits per heavy atom. The van der Waals surface area contributed by atoms with E-state index in [1.54, 1.807) is 6.21 Å². The Morgan fingerprint density at radius 2 is 1.67 bits per heavy atom. The summed E-state index contributed by atoms with van der Waals surface area (Å²) < 4.78 is 16.1. The molecule has 2 aromatic carbocycles. The Kier molecular flexibility index (Phi) is 4.05. The lowest BCUT2D eigenvalue weighted by Gasteiger charge is -1.99. The molecule has 0 heterocycles. The summed E-state index contributed by atoms with van der Waals surface area (Å²) in [7, 11) is -1.33. The molecule has 0 bridgehead atoms. The van der Waals surface area contributed by atoms with Crippen LogP contribution in [-0.2, 0) is 11.0 Å². The van der Waals surface area contributed by atoms with E-state index in [1.165, 1.54) is 0 Å². The molecule has 0 aliphatic rings. The monoisotopic (exact) mass is 257 g/mol. The number of hydrogen-bond donors (Lipinski definition) is 0. The van der Waals surface area contributed by atoms with Gasteiger partial charge >= 0.3 is 0 Å². The first-order valence-electron chi connectivity index (χ1n) is 5.75. The maximum Gasteiger partial charge on any atom is 0.172 e. The molecule has 2 rings (SSSR count). The van der Waals surface area contributed by atoms with Crippen LogP contribution in [0.15, 0.2) is 57.8 Å². The van der Waals surface area contributed by atoms with E-state index >= 15 is 0 Å². The first-order valence-corrected chi connectivity index (χ1v) is 6.86. The molecule has 1 unspecified atom stereocenters. The molecule has 0 aliphatic heterocycles. The maximum absolute atomic E-state index is 12.0. The van der Waals surface area contributed by atoms with Crippen LogP contribution in [0.3, 0.4) is 0 Å². The van der Waals surface area contributed by atoms with Crippen molar-refractivity contribution in [3.63, 3.8) is 0 Å². The standard InChI is InChI=1S/C15H15NOS/c1-12-7-9-15(10-8-12)18(17)16-11-14-6-4-3-5-13(14)2/h3-11H,1-2H3/b16-11+. The molecule has 18 heavy (non-hydrogen) atoms. The van der Waals surface area contributed by atoms with Gasteiger partial charge in [-0.05, 0) is 37.1 Å². The number of benzene rings is 2. The van der Waals surface area contributed by atoms with Gasteiger partial charge in [0.2, 0.25) is 0 Å². The first-order chi connectivity index (χ1) is 8.66. The molecule has 0 amide bonds. The summed E-state index contributed by atoms with van der Waals surface area (Å²) in [6.45, 7) is 4.01. The van der Waals surface area contributed by atoms with Crippen molar-refractivity contribution in [3.8, 4) is 0 Å². The largest absolute Gasteiger partial charge is 0.229 e. The van der Waals surface area contributed by atoms with Crippen LogP contribution in [0, 0.1) is 13.8 Å². The van der Waals surface area contributed by atoms with Gasteiger partial charge in [0.1, 0.15) is 0 Å². The fraction of sp³-hybridized carbons (Fsp3) is 0.133. The summed E-state index contributed by atoms with van der Waals surface area (Å²) in [4.78, 5) is 0.727. The maximum atomic E-state index is 12.0. The van der Waals surface area contributed by atoms with Crippen LogP contribution in [0.5, 0.6) is 0 Å². The second kappa shape index (κ2) is 5.74. The van der Waals surface area contributed by atoms with Crippen molar-refractivity contribution in [2.24, 2.45) is 4.40 Å². The SMILES string of the molecule is Cc1ccc(S(=O)/N=C/c2ccccc2C)cc1. The Morgan fingerprint density at radius 1 is 1.00 bits per heavy atom. The van der Waals surface area contributed by atoms with E-state index in [-0.39, 0.29) is 0 Å². The van der Waals surface area contributed by atoms with Crippen molar-refractivity contribution in [3.05, 3.63) is 65.2 Å². The van der Waals surface area contributed by atoms with E-state index in [4.69, 9.17) is 0 Å². The van der Waals surface area contributed by atoms with Crippen molar-refractivity contribution in [2.45, 2.75) is 18.7 Å². The molecular formula is C15H15NOS. The van der Waals surface area contributed by atoms with Crippen LogP contribution in [0.1, 0.15) is 16.7 Å². The Hall–Kier alpha value is -1.74. The van der Waals surface area contributed by atoms with Crippen LogP contribution in [0.2, 0.25) is 0 Å². The van der Waals surface area contributed by atoms with E-state index < -0.39 is 11.0 Å². The van der Waals surface area contributed by atoms with E-state index in [1.807, 2.05) is 62.4 Å². The zero-order valence-electron chi connectivity index (χ0n) is 10.5. The molecule has 0 saturated carbocycles. The molecule has 2 nitrogen and oxygen atoms in total. The van der Waals surface area contributed by atoms with Gasteiger partial charge in [-0.25, -0.2) is 4.21 Å². The van der Waals surface area contributed by atoms with Gasteiger partial charge < -0.3 is 0 Å².